The van der Waals surface area contributed by atoms with Crippen LogP contribution in [0.2, 0.25) is 0 Å². The summed E-state index contributed by atoms with van der Waals surface area (Å²) >= 11 is 2.28. The Labute approximate surface area is 228 Å². The number of nitrogens with zero attached hydrogens (tertiary/aromatic N) is 5. The molecule has 0 radical (unpaired) electrons. The number of halogens is 1. The Morgan fingerprint density at radius 3 is 2.43 bits per heavy atom. The molecule has 0 saturated heterocycles. The maximum atomic E-state index is 13.0. The van der Waals surface area contributed by atoms with E-state index in [9.17, 15) is 15.0 Å². The lowest BCUT2D eigenvalue weighted by atomic mass is 10.1. The predicted molar refractivity (Wildman–Crippen MR) is 146 cm³/mol. The predicted octanol–water partition coefficient (Wildman–Crippen LogP) is 3.06. The molecule has 2 heterocycles. The van der Waals surface area contributed by atoms with Crippen LogP contribution < -0.4 is 10.2 Å². The number of carbonyl (C=O) groups excluding carboxylic acids is 1. The first kappa shape index (κ1) is 23.8. The van der Waals surface area contributed by atoms with Gasteiger partial charge in [-0.1, -0.05) is 40.8 Å². The van der Waals surface area contributed by atoms with Gasteiger partial charge < -0.3 is 25.0 Å². The van der Waals surface area contributed by atoms with Crippen molar-refractivity contribution in [2.45, 2.75) is 60.8 Å². The van der Waals surface area contributed by atoms with Crippen LogP contribution in [-0.2, 0) is 4.43 Å². The highest BCUT2D eigenvalue weighted by Gasteiger charge is 2.60. The lowest BCUT2D eigenvalue weighted by Crippen LogP contribution is -2.46. The summed E-state index contributed by atoms with van der Waals surface area (Å²) in [5, 5.41) is 24.4. The summed E-state index contributed by atoms with van der Waals surface area (Å²) in [6.07, 6.45) is 5.94. The van der Waals surface area contributed by atoms with Crippen molar-refractivity contribution in [1.29, 1.82) is 0 Å². The molecule has 0 aliphatic heterocycles. The molecule has 0 bridgehead atoms. The third-order valence-electron chi connectivity index (χ3n) is 8.65. The third-order valence-corrected chi connectivity index (χ3v) is 9.33. The molecule has 194 valence electrons. The summed E-state index contributed by atoms with van der Waals surface area (Å²) in [6, 6.07) is 9.36. The average Bonchev–Trinajstić information content (AvgIpc) is 3.81. The average molecular weight is 614 g/mol. The Bertz CT molecular complexity index is 1310. The monoisotopic (exact) mass is 614 g/mol. The molecule has 2 unspecified atom stereocenters. The Hall–Kier alpha value is -2.31. The van der Waals surface area contributed by atoms with Crippen molar-refractivity contribution in [3.8, 4) is 0 Å². The zero-order valence-electron chi connectivity index (χ0n) is 20.4. The minimum atomic E-state index is -0.824. The quantitative estimate of drug-likeness (QED) is 0.193. The van der Waals surface area contributed by atoms with Gasteiger partial charge in [0, 0.05) is 11.6 Å². The molecule has 37 heavy (non-hydrogen) atoms. The molecule has 4 aliphatic rings. The van der Waals surface area contributed by atoms with E-state index in [-0.39, 0.29) is 23.8 Å². The van der Waals surface area contributed by atoms with Crippen molar-refractivity contribution in [2.24, 2.45) is 23.7 Å². The molecule has 2 aromatic heterocycles. The maximum Gasteiger partial charge on any atom is 0.252 e. The van der Waals surface area contributed by atoms with Gasteiger partial charge in [-0.25, -0.2) is 15.0 Å². The smallest absolute Gasteiger partial charge is 0.252 e. The molecule has 3 N–H and O–H groups in total. The van der Waals surface area contributed by atoms with Crippen LogP contribution in [0, 0.1) is 23.7 Å². The molecule has 4 fully saturated rings. The van der Waals surface area contributed by atoms with Gasteiger partial charge in [0.05, 0.1) is 29.6 Å². The topological polar surface area (TPSA) is 116 Å². The van der Waals surface area contributed by atoms with Gasteiger partial charge in [-0.05, 0) is 67.9 Å². The zero-order chi connectivity index (χ0) is 25.3. The number of anilines is 1. The van der Waals surface area contributed by atoms with Crippen molar-refractivity contribution in [3.63, 3.8) is 0 Å². The van der Waals surface area contributed by atoms with E-state index >= 15 is 0 Å². The second kappa shape index (κ2) is 9.16. The fourth-order valence-electron chi connectivity index (χ4n) is 6.46. The van der Waals surface area contributed by atoms with E-state index < -0.39 is 12.2 Å². The molecule has 4 aliphatic carbocycles. The summed E-state index contributed by atoms with van der Waals surface area (Å²) in [7, 11) is 0. The minimum Gasteiger partial charge on any atom is -0.390 e. The minimum absolute atomic E-state index is 0.108. The summed E-state index contributed by atoms with van der Waals surface area (Å²) in [4.78, 5) is 29.9. The lowest BCUT2D eigenvalue weighted by molar-refractivity contribution is 0.00386. The number of aliphatic hydroxyl groups excluding tert-OH is 2. The number of aliphatic hydroxyl groups is 2. The van der Waals surface area contributed by atoms with Gasteiger partial charge in [0.1, 0.15) is 11.9 Å². The lowest BCUT2D eigenvalue weighted by Gasteiger charge is -2.34. The van der Waals surface area contributed by atoms with Gasteiger partial charge >= 0.3 is 0 Å². The molecular weight excluding hydrogens is 583 g/mol. The van der Waals surface area contributed by atoms with E-state index in [1.165, 1.54) is 25.7 Å². The van der Waals surface area contributed by atoms with Crippen molar-refractivity contribution >= 4 is 45.5 Å². The van der Waals surface area contributed by atoms with E-state index in [0.29, 0.717) is 51.5 Å². The maximum absolute atomic E-state index is 13.0. The zero-order valence-corrected chi connectivity index (χ0v) is 22.6. The van der Waals surface area contributed by atoms with Crippen LogP contribution in [0.5, 0.6) is 0 Å². The van der Waals surface area contributed by atoms with Gasteiger partial charge in [0.25, 0.3) is 5.91 Å². The molecule has 1 aromatic carbocycles. The number of hydrogen-bond donors (Lipinski definition) is 3. The number of rotatable bonds is 9. The van der Waals surface area contributed by atoms with Crippen LogP contribution in [0.25, 0.3) is 11.2 Å². The van der Waals surface area contributed by atoms with Gasteiger partial charge in [0.2, 0.25) is 0 Å². The Morgan fingerprint density at radius 1 is 1.08 bits per heavy atom. The Kier molecular flexibility index (Phi) is 5.89. The molecule has 4 saturated carbocycles. The third kappa shape index (κ3) is 4.21. The fraction of sp³-hybridized carbons (Fsp3) is 0.556. The number of carbonyl (C=O) groups is 1. The first-order valence-corrected chi connectivity index (χ1v) is 14.8. The van der Waals surface area contributed by atoms with E-state index in [0.717, 1.165) is 12.2 Å². The van der Waals surface area contributed by atoms with Gasteiger partial charge in [-0.15, -0.1) is 0 Å². The highest BCUT2D eigenvalue weighted by atomic mass is 127. The number of fused-ring (bicyclic) bond motifs is 2. The van der Waals surface area contributed by atoms with E-state index in [4.69, 9.17) is 15.0 Å². The second-order valence-electron chi connectivity index (χ2n) is 11.1. The van der Waals surface area contributed by atoms with E-state index in [1.54, 1.807) is 6.33 Å². The second-order valence-corrected chi connectivity index (χ2v) is 11.9. The van der Waals surface area contributed by atoms with Crippen LogP contribution in [0.1, 0.15) is 54.3 Å². The van der Waals surface area contributed by atoms with Crippen LogP contribution >= 0.6 is 22.6 Å². The number of nitrogens with one attached hydrogen (secondary N) is 1. The highest BCUT2D eigenvalue weighted by Crippen LogP contribution is 2.58. The van der Waals surface area contributed by atoms with Crippen LogP contribution in [-0.4, -0.2) is 60.6 Å². The fourth-order valence-corrected chi connectivity index (χ4v) is 6.80. The summed E-state index contributed by atoms with van der Waals surface area (Å²) in [5.41, 5.74) is 2.03. The van der Waals surface area contributed by atoms with E-state index in [1.807, 2.05) is 34.9 Å². The molecule has 3 aromatic rings. The summed E-state index contributed by atoms with van der Waals surface area (Å²) in [6.45, 7) is 0.348. The van der Waals surface area contributed by atoms with Gasteiger partial charge in [0.15, 0.2) is 17.0 Å². The normalized spacial score (nSPS) is 28.5. The highest BCUT2D eigenvalue weighted by molar-refractivity contribution is 14.1. The first-order valence-electron chi connectivity index (χ1n) is 13.3. The molecular formula is C27H31IN6O3. The SMILES string of the molecule is O=C(NCN(c1nc(CI)nc2c1ncn2[C@H]1C(O)[C@@H](O)C2C[C@@H]21)C(C1CC1)C1CC1)c1ccccc1. The first-order chi connectivity index (χ1) is 18.0. The molecule has 5 atom stereocenters. The number of aromatic nitrogens is 4. The summed E-state index contributed by atoms with van der Waals surface area (Å²) < 4.78 is 2.60. The number of amides is 1. The standard InChI is InChI=1S/C27H31IN6O3/c28-11-19-31-25(20-26(32-19)34(12-29-20)22-17-10-18(17)23(35)24(22)36)33(21(14-6-7-14)15-8-9-15)13-30-27(37)16-4-2-1-3-5-16/h1-5,12,14-15,17-18,21-24,35-36H,6-11,13H2,(H,30,37)/t17-,18?,22+,23-,24?/m0/s1. The van der Waals surface area contributed by atoms with E-state index in [2.05, 4.69) is 32.8 Å². The van der Waals surface area contributed by atoms with Crippen molar-refractivity contribution in [1.82, 2.24) is 24.8 Å². The van der Waals surface area contributed by atoms with Crippen molar-refractivity contribution in [3.05, 3.63) is 48.0 Å². The number of hydrogen-bond acceptors (Lipinski definition) is 7. The number of benzene rings is 1. The number of imidazole rings is 1. The van der Waals surface area contributed by atoms with Crippen molar-refractivity contribution < 1.29 is 15.0 Å². The molecule has 1 amide bonds. The van der Waals surface area contributed by atoms with Gasteiger partial charge in [-0.3, -0.25) is 4.79 Å². The molecule has 0 spiro atoms. The molecule has 10 heteroatoms. The number of alkyl halides is 1. The largest absolute Gasteiger partial charge is 0.390 e. The van der Waals surface area contributed by atoms with Crippen LogP contribution in [0.15, 0.2) is 36.7 Å². The Morgan fingerprint density at radius 2 is 1.81 bits per heavy atom. The van der Waals surface area contributed by atoms with Gasteiger partial charge in [-0.2, -0.15) is 0 Å². The molecule has 7 rings (SSSR count). The van der Waals surface area contributed by atoms with Crippen LogP contribution in [0.3, 0.4) is 0 Å². The summed E-state index contributed by atoms with van der Waals surface area (Å²) in [5.74, 6) is 2.94. The molecule has 9 nitrogen and oxygen atoms in total. The van der Waals surface area contributed by atoms with Crippen molar-refractivity contribution in [2.75, 3.05) is 11.6 Å². The Balaban J connectivity index is 1.28. The van der Waals surface area contributed by atoms with Crippen LogP contribution in [0.4, 0.5) is 5.82 Å².